The Bertz CT molecular complexity index is 910. The van der Waals surface area contributed by atoms with E-state index in [0.717, 1.165) is 6.92 Å². The van der Waals surface area contributed by atoms with Gasteiger partial charge in [-0.05, 0) is 6.92 Å². The summed E-state index contributed by atoms with van der Waals surface area (Å²) in [6, 6.07) is 0. The number of aliphatic hydroxyl groups is 1. The first kappa shape index (κ1) is 39.9. The van der Waals surface area contributed by atoms with Gasteiger partial charge in [-0.1, -0.05) is 22.9 Å². The van der Waals surface area contributed by atoms with E-state index >= 15 is 0 Å². The van der Waals surface area contributed by atoms with Gasteiger partial charge in [0.2, 0.25) is 0 Å². The third-order valence-electron chi connectivity index (χ3n) is 5.53. The quantitative estimate of drug-likeness (QED) is 0.111. The lowest BCUT2D eigenvalue weighted by Gasteiger charge is -2.44. The molecule has 0 rings (SSSR count). The Morgan fingerprint density at radius 1 is 0.537 bits per heavy atom. The molecular formula is C17H14BrF21O2. The van der Waals surface area contributed by atoms with Crippen LogP contribution in [0.2, 0.25) is 0 Å². The van der Waals surface area contributed by atoms with Crippen molar-refractivity contribution in [2.75, 3.05) is 11.9 Å². The maximum atomic E-state index is 13.8. The van der Waals surface area contributed by atoms with E-state index in [2.05, 4.69) is 20.7 Å². The highest BCUT2D eigenvalue weighted by atomic mass is 79.9. The van der Waals surface area contributed by atoms with E-state index in [0.29, 0.717) is 6.92 Å². The summed E-state index contributed by atoms with van der Waals surface area (Å²) in [7, 11) is 0. The molecule has 2 nitrogen and oxygen atoms in total. The summed E-state index contributed by atoms with van der Waals surface area (Å²) in [5.41, 5.74) is 0. The van der Waals surface area contributed by atoms with Crippen molar-refractivity contribution < 1.29 is 102 Å². The SMILES string of the molecule is CC(CBr)C(C)(O)OCCC(F)(F)C(F)(F)C(F)(F)C(F)(F)C(F)(F)C(F)(F)C(F)(F)C(F)(F)C(F)(F)C(F)(F)F. The van der Waals surface area contributed by atoms with Crippen LogP contribution < -0.4 is 0 Å². The lowest BCUT2D eigenvalue weighted by Crippen LogP contribution is -2.76. The molecule has 0 heterocycles. The highest BCUT2D eigenvalue weighted by Crippen LogP contribution is 2.66. The van der Waals surface area contributed by atoms with E-state index in [9.17, 15) is 97.3 Å². The number of hydrogen-bond acceptors (Lipinski definition) is 2. The van der Waals surface area contributed by atoms with Gasteiger partial charge in [-0.15, -0.1) is 0 Å². The van der Waals surface area contributed by atoms with Crippen molar-refractivity contribution in [2.45, 2.75) is 85.5 Å². The van der Waals surface area contributed by atoms with Crippen molar-refractivity contribution >= 4 is 15.9 Å². The Balaban J connectivity index is 6.72. The molecule has 0 radical (unpaired) electrons. The number of rotatable bonds is 14. The molecule has 0 aliphatic carbocycles. The summed E-state index contributed by atoms with van der Waals surface area (Å²) < 4.78 is 284. The van der Waals surface area contributed by atoms with Crippen LogP contribution in [-0.2, 0) is 4.74 Å². The molecular weight excluding hydrogens is 715 g/mol. The van der Waals surface area contributed by atoms with Gasteiger partial charge in [-0.3, -0.25) is 0 Å². The summed E-state index contributed by atoms with van der Waals surface area (Å²) in [5, 5.41) is 9.50. The van der Waals surface area contributed by atoms with Gasteiger partial charge in [0.05, 0.1) is 6.61 Å². The molecule has 0 saturated heterocycles. The average molecular weight is 729 g/mol. The summed E-state index contributed by atoms with van der Waals surface area (Å²) in [5.74, 6) is -81.0. The van der Waals surface area contributed by atoms with Gasteiger partial charge in [0.1, 0.15) is 0 Å². The molecule has 0 aliphatic rings. The van der Waals surface area contributed by atoms with Crippen LogP contribution in [0.1, 0.15) is 20.3 Å². The second kappa shape index (κ2) is 10.8. The Morgan fingerprint density at radius 3 is 1.07 bits per heavy atom. The van der Waals surface area contributed by atoms with Crippen LogP contribution in [0.15, 0.2) is 0 Å². The average Bonchev–Trinajstić information content (AvgIpc) is 2.76. The van der Waals surface area contributed by atoms with Crippen LogP contribution in [0.25, 0.3) is 0 Å². The van der Waals surface area contributed by atoms with Gasteiger partial charge in [-0.2, -0.15) is 92.2 Å². The fourth-order valence-electron chi connectivity index (χ4n) is 2.42. The zero-order chi connectivity index (χ0) is 33.9. The fourth-order valence-corrected chi connectivity index (χ4v) is 3.02. The minimum absolute atomic E-state index is 0.223. The second-order valence-corrected chi connectivity index (χ2v) is 9.15. The van der Waals surface area contributed by atoms with Crippen LogP contribution in [0.4, 0.5) is 92.2 Å². The number of ether oxygens (including phenoxy) is 1. The monoisotopic (exact) mass is 728 g/mol. The molecule has 0 aliphatic heterocycles. The molecule has 0 aromatic rings. The van der Waals surface area contributed by atoms with E-state index in [-0.39, 0.29) is 5.33 Å². The third-order valence-corrected chi connectivity index (χ3v) is 6.50. The topological polar surface area (TPSA) is 29.5 Å². The third kappa shape index (κ3) is 5.77. The molecule has 24 heteroatoms. The highest BCUT2D eigenvalue weighted by Gasteiger charge is 2.97. The van der Waals surface area contributed by atoms with E-state index in [4.69, 9.17) is 0 Å². The van der Waals surface area contributed by atoms with Gasteiger partial charge in [0.25, 0.3) is 0 Å². The number of halogens is 22. The molecule has 248 valence electrons. The van der Waals surface area contributed by atoms with Gasteiger partial charge in [0, 0.05) is 17.7 Å². The first-order chi connectivity index (χ1) is 17.4. The van der Waals surface area contributed by atoms with Crippen LogP contribution in [0.5, 0.6) is 0 Å². The number of alkyl halides is 22. The second-order valence-electron chi connectivity index (χ2n) is 8.51. The zero-order valence-corrected chi connectivity index (χ0v) is 21.0. The molecule has 0 fully saturated rings. The van der Waals surface area contributed by atoms with Crippen molar-refractivity contribution in [3.05, 3.63) is 0 Å². The van der Waals surface area contributed by atoms with E-state index in [1.165, 1.54) is 0 Å². The zero-order valence-electron chi connectivity index (χ0n) is 19.4. The maximum Gasteiger partial charge on any atom is 0.460 e. The van der Waals surface area contributed by atoms with E-state index in [1.54, 1.807) is 0 Å². The Morgan fingerprint density at radius 2 is 0.805 bits per heavy atom. The molecule has 0 aromatic heterocycles. The minimum Gasteiger partial charge on any atom is -0.365 e. The Hall–Kier alpha value is -1.07. The molecule has 2 unspecified atom stereocenters. The molecule has 0 spiro atoms. The fraction of sp³-hybridized carbons (Fsp3) is 1.00. The highest BCUT2D eigenvalue weighted by molar-refractivity contribution is 9.09. The van der Waals surface area contributed by atoms with Crippen LogP contribution in [0, 0.1) is 5.92 Å². The molecule has 41 heavy (non-hydrogen) atoms. The predicted octanol–water partition coefficient (Wildman–Crippen LogP) is 8.41. The first-order valence-electron chi connectivity index (χ1n) is 9.83. The maximum absolute atomic E-state index is 13.8. The standard InChI is InChI=1S/C17H14BrF21O2/c1-6(5-18)7(2,40)41-4-3-8(19,20)9(21,22)10(23,24)11(25,26)12(27,28)13(29,30)14(31,32)15(33,34)16(35,36)17(37,38)39/h6,40H,3-5H2,1-2H3. The number of hydrogen-bond donors (Lipinski definition) is 1. The van der Waals surface area contributed by atoms with Gasteiger partial charge >= 0.3 is 59.5 Å². The van der Waals surface area contributed by atoms with Gasteiger partial charge in [0.15, 0.2) is 5.79 Å². The largest absolute Gasteiger partial charge is 0.460 e. The Kier molecular flexibility index (Phi) is 10.5. The molecule has 0 aromatic carbocycles. The van der Waals surface area contributed by atoms with Gasteiger partial charge < -0.3 is 9.84 Å². The summed E-state index contributed by atoms with van der Waals surface area (Å²) in [6.07, 6.45) is -11.0. The van der Waals surface area contributed by atoms with Crippen molar-refractivity contribution in [1.82, 2.24) is 0 Å². The molecule has 0 saturated carbocycles. The molecule has 1 N–H and O–H groups in total. The van der Waals surface area contributed by atoms with Crippen LogP contribution in [-0.4, -0.2) is 82.3 Å². The summed E-state index contributed by atoms with van der Waals surface area (Å²) >= 11 is 2.72. The predicted molar refractivity (Wildman–Crippen MR) is 94.7 cm³/mol. The van der Waals surface area contributed by atoms with Crippen molar-refractivity contribution in [1.29, 1.82) is 0 Å². The van der Waals surface area contributed by atoms with Crippen molar-refractivity contribution in [3.8, 4) is 0 Å². The van der Waals surface area contributed by atoms with Crippen LogP contribution >= 0.6 is 15.9 Å². The smallest absolute Gasteiger partial charge is 0.365 e. The van der Waals surface area contributed by atoms with Crippen molar-refractivity contribution in [3.63, 3.8) is 0 Å². The lowest BCUT2D eigenvalue weighted by molar-refractivity contribution is -0.474. The molecule has 0 amide bonds. The summed E-state index contributed by atoms with van der Waals surface area (Å²) in [4.78, 5) is 0. The normalized spacial score (nSPS) is 18.4. The van der Waals surface area contributed by atoms with E-state index in [1.807, 2.05) is 0 Å². The Labute approximate surface area is 222 Å². The molecule has 0 bridgehead atoms. The van der Waals surface area contributed by atoms with Crippen molar-refractivity contribution in [2.24, 2.45) is 5.92 Å². The first-order valence-corrected chi connectivity index (χ1v) is 11.0. The van der Waals surface area contributed by atoms with E-state index < -0.39 is 84.2 Å². The minimum atomic E-state index is -9.20. The summed E-state index contributed by atoms with van der Waals surface area (Å²) in [6.45, 7) is -0.279. The van der Waals surface area contributed by atoms with Crippen LogP contribution in [0.3, 0.4) is 0 Å². The molecule has 2 atom stereocenters. The lowest BCUT2D eigenvalue weighted by atomic mass is 9.86. The van der Waals surface area contributed by atoms with Gasteiger partial charge in [-0.25, -0.2) is 0 Å².